The largest absolute Gasteiger partial charge is 0.460 e. The van der Waals surface area contributed by atoms with Gasteiger partial charge in [0.25, 0.3) is 0 Å². The summed E-state index contributed by atoms with van der Waals surface area (Å²) in [7, 11) is 0. The summed E-state index contributed by atoms with van der Waals surface area (Å²) >= 11 is 0. The maximum absolute atomic E-state index is 11.5. The van der Waals surface area contributed by atoms with E-state index in [9.17, 15) is 4.79 Å². The first-order valence-corrected chi connectivity index (χ1v) is 5.27. The molecule has 0 saturated heterocycles. The molecule has 0 aromatic heterocycles. The second-order valence-corrected chi connectivity index (χ2v) is 4.64. The topological polar surface area (TPSA) is 52.3 Å². The van der Waals surface area contributed by atoms with Gasteiger partial charge in [0, 0.05) is 6.04 Å². The summed E-state index contributed by atoms with van der Waals surface area (Å²) in [4.78, 5) is 11.5. The summed E-state index contributed by atoms with van der Waals surface area (Å²) in [6.45, 7) is 5.48. The van der Waals surface area contributed by atoms with E-state index in [1.54, 1.807) is 0 Å². The molecule has 3 nitrogen and oxygen atoms in total. The SMILES string of the molecule is CC(C)(C)OC(=O)[CH]C(N)c1ccccc1. The third kappa shape index (κ3) is 4.45. The van der Waals surface area contributed by atoms with E-state index in [1.165, 1.54) is 6.42 Å². The standard InChI is InChI=1S/C13H18NO2/c1-13(2,3)16-12(15)9-11(14)10-7-5-4-6-8-10/h4-9,11H,14H2,1-3H3. The molecule has 1 aromatic rings. The number of hydrogen-bond donors (Lipinski definition) is 1. The van der Waals surface area contributed by atoms with Crippen molar-refractivity contribution in [3.8, 4) is 0 Å². The molecule has 87 valence electrons. The minimum atomic E-state index is -0.482. The van der Waals surface area contributed by atoms with Crippen molar-refractivity contribution in [1.29, 1.82) is 0 Å². The van der Waals surface area contributed by atoms with Gasteiger partial charge in [0.1, 0.15) is 5.60 Å². The number of ether oxygens (including phenoxy) is 1. The van der Waals surface area contributed by atoms with Gasteiger partial charge in [-0.25, -0.2) is 0 Å². The van der Waals surface area contributed by atoms with Crippen LogP contribution in [-0.2, 0) is 9.53 Å². The molecule has 16 heavy (non-hydrogen) atoms. The number of carbonyl (C=O) groups is 1. The maximum Gasteiger partial charge on any atom is 0.312 e. The van der Waals surface area contributed by atoms with Crippen LogP contribution in [0, 0.1) is 6.42 Å². The van der Waals surface area contributed by atoms with Gasteiger partial charge in [-0.1, -0.05) is 30.3 Å². The fourth-order valence-corrected chi connectivity index (χ4v) is 1.25. The average Bonchev–Trinajstić information content (AvgIpc) is 2.16. The lowest BCUT2D eigenvalue weighted by Crippen LogP contribution is -2.27. The normalized spacial score (nSPS) is 13.2. The van der Waals surface area contributed by atoms with Crippen LogP contribution in [0.5, 0.6) is 0 Å². The zero-order chi connectivity index (χ0) is 12.2. The van der Waals surface area contributed by atoms with Crippen molar-refractivity contribution in [2.24, 2.45) is 5.73 Å². The van der Waals surface area contributed by atoms with Gasteiger partial charge in [-0.2, -0.15) is 0 Å². The Morgan fingerprint density at radius 2 is 1.88 bits per heavy atom. The van der Waals surface area contributed by atoms with E-state index in [-0.39, 0.29) is 5.97 Å². The number of esters is 1. The zero-order valence-electron chi connectivity index (χ0n) is 9.94. The molecule has 0 heterocycles. The molecule has 3 heteroatoms. The van der Waals surface area contributed by atoms with Crippen LogP contribution in [0.1, 0.15) is 32.4 Å². The molecule has 0 amide bonds. The van der Waals surface area contributed by atoms with Gasteiger partial charge in [0.15, 0.2) is 0 Å². The Morgan fingerprint density at radius 3 is 2.38 bits per heavy atom. The van der Waals surface area contributed by atoms with Gasteiger partial charge in [-0.15, -0.1) is 0 Å². The van der Waals surface area contributed by atoms with Crippen LogP contribution in [0.3, 0.4) is 0 Å². The summed E-state index contributed by atoms with van der Waals surface area (Å²) in [5.41, 5.74) is 6.27. The van der Waals surface area contributed by atoms with Crippen LogP contribution in [0.15, 0.2) is 30.3 Å². The van der Waals surface area contributed by atoms with Crippen LogP contribution < -0.4 is 5.73 Å². The van der Waals surface area contributed by atoms with E-state index in [2.05, 4.69) is 0 Å². The Labute approximate surface area is 96.6 Å². The molecule has 0 saturated carbocycles. The predicted molar refractivity (Wildman–Crippen MR) is 63.5 cm³/mol. The monoisotopic (exact) mass is 220 g/mol. The van der Waals surface area contributed by atoms with Gasteiger partial charge in [0.05, 0.1) is 6.42 Å². The zero-order valence-corrected chi connectivity index (χ0v) is 9.94. The number of hydrogen-bond acceptors (Lipinski definition) is 3. The summed E-state index contributed by atoms with van der Waals surface area (Å²) < 4.78 is 5.16. The van der Waals surface area contributed by atoms with Crippen molar-refractivity contribution in [3.63, 3.8) is 0 Å². The minimum absolute atomic E-state index is 0.385. The molecule has 1 rings (SSSR count). The molecule has 0 aliphatic carbocycles. The molecule has 1 unspecified atom stereocenters. The highest BCUT2D eigenvalue weighted by atomic mass is 16.6. The fourth-order valence-electron chi connectivity index (χ4n) is 1.25. The lowest BCUT2D eigenvalue weighted by molar-refractivity contribution is -0.150. The number of benzene rings is 1. The molecule has 0 bridgehead atoms. The third-order valence-corrected chi connectivity index (χ3v) is 1.91. The van der Waals surface area contributed by atoms with Crippen LogP contribution in [0.2, 0.25) is 0 Å². The Kier molecular flexibility index (Phi) is 4.07. The molecule has 0 fully saturated rings. The van der Waals surface area contributed by atoms with Crippen molar-refractivity contribution < 1.29 is 9.53 Å². The van der Waals surface area contributed by atoms with Gasteiger partial charge >= 0.3 is 5.97 Å². The van der Waals surface area contributed by atoms with E-state index in [4.69, 9.17) is 10.5 Å². The summed E-state index contributed by atoms with van der Waals surface area (Å²) in [5.74, 6) is -0.385. The van der Waals surface area contributed by atoms with Gasteiger partial charge in [0.2, 0.25) is 0 Å². The quantitative estimate of drug-likeness (QED) is 0.795. The molecule has 1 radical (unpaired) electrons. The first kappa shape index (κ1) is 12.7. The second-order valence-electron chi connectivity index (χ2n) is 4.64. The van der Waals surface area contributed by atoms with E-state index < -0.39 is 11.6 Å². The Bertz CT molecular complexity index is 341. The molecule has 1 atom stereocenters. The Hall–Kier alpha value is -1.35. The molecule has 1 aromatic carbocycles. The lowest BCUT2D eigenvalue weighted by Gasteiger charge is -2.20. The highest BCUT2D eigenvalue weighted by Crippen LogP contribution is 2.15. The summed E-state index contributed by atoms with van der Waals surface area (Å²) in [5, 5.41) is 0. The average molecular weight is 220 g/mol. The Morgan fingerprint density at radius 1 is 1.31 bits per heavy atom. The fraction of sp³-hybridized carbons (Fsp3) is 0.385. The van der Waals surface area contributed by atoms with Crippen LogP contribution in [-0.4, -0.2) is 11.6 Å². The maximum atomic E-state index is 11.5. The number of carbonyl (C=O) groups excluding carboxylic acids is 1. The van der Waals surface area contributed by atoms with E-state index in [0.717, 1.165) is 5.56 Å². The van der Waals surface area contributed by atoms with Crippen LogP contribution in [0.25, 0.3) is 0 Å². The second kappa shape index (κ2) is 5.12. The molecule has 0 aliphatic rings. The van der Waals surface area contributed by atoms with Crippen molar-refractivity contribution >= 4 is 5.97 Å². The summed E-state index contributed by atoms with van der Waals surface area (Å²) in [6, 6.07) is 9.02. The van der Waals surface area contributed by atoms with Crippen molar-refractivity contribution in [2.75, 3.05) is 0 Å². The smallest absolute Gasteiger partial charge is 0.312 e. The highest BCUT2D eigenvalue weighted by molar-refractivity contribution is 5.80. The van der Waals surface area contributed by atoms with Crippen molar-refractivity contribution in [2.45, 2.75) is 32.4 Å². The van der Waals surface area contributed by atoms with Crippen molar-refractivity contribution in [1.82, 2.24) is 0 Å². The minimum Gasteiger partial charge on any atom is -0.460 e. The van der Waals surface area contributed by atoms with Gasteiger partial charge in [-0.3, -0.25) is 4.79 Å². The molecule has 0 aliphatic heterocycles. The van der Waals surface area contributed by atoms with Crippen LogP contribution in [0.4, 0.5) is 0 Å². The summed E-state index contributed by atoms with van der Waals surface area (Å²) in [6.07, 6.45) is 1.39. The lowest BCUT2D eigenvalue weighted by atomic mass is 10.0. The highest BCUT2D eigenvalue weighted by Gasteiger charge is 2.19. The molecule has 0 spiro atoms. The van der Waals surface area contributed by atoms with E-state index >= 15 is 0 Å². The Balaban J connectivity index is 2.52. The van der Waals surface area contributed by atoms with E-state index in [1.807, 2.05) is 51.1 Å². The predicted octanol–water partition coefficient (Wildman–Crippen LogP) is 2.23. The molecule has 2 N–H and O–H groups in total. The van der Waals surface area contributed by atoms with E-state index in [0.29, 0.717) is 0 Å². The van der Waals surface area contributed by atoms with Gasteiger partial charge in [-0.05, 0) is 26.3 Å². The first-order chi connectivity index (χ1) is 7.38. The first-order valence-electron chi connectivity index (χ1n) is 5.27. The van der Waals surface area contributed by atoms with Crippen LogP contribution >= 0.6 is 0 Å². The van der Waals surface area contributed by atoms with Crippen molar-refractivity contribution in [3.05, 3.63) is 42.3 Å². The molecular formula is C13H18NO2. The number of nitrogens with two attached hydrogens (primary N) is 1. The number of rotatable bonds is 3. The third-order valence-electron chi connectivity index (χ3n) is 1.91. The molecular weight excluding hydrogens is 202 g/mol. The van der Waals surface area contributed by atoms with Gasteiger partial charge < -0.3 is 10.5 Å².